The summed E-state index contributed by atoms with van der Waals surface area (Å²) in [5, 5.41) is 9.61. The molecule has 6 nitrogen and oxygen atoms in total. The van der Waals surface area contributed by atoms with Crippen molar-refractivity contribution in [3.63, 3.8) is 0 Å². The summed E-state index contributed by atoms with van der Waals surface area (Å²) in [5.41, 5.74) is 0. The summed E-state index contributed by atoms with van der Waals surface area (Å²) >= 11 is 5.76. The van der Waals surface area contributed by atoms with Gasteiger partial charge in [-0.05, 0) is 25.0 Å². The third kappa shape index (κ3) is 3.19. The number of carboxylic acids is 1. The molecule has 0 unspecified atom stereocenters. The molecular formula is C13H16ClN3O3. The molecule has 0 aromatic carbocycles. The van der Waals surface area contributed by atoms with E-state index in [9.17, 15) is 9.59 Å². The van der Waals surface area contributed by atoms with Crippen molar-refractivity contribution in [2.45, 2.75) is 18.9 Å². The zero-order chi connectivity index (χ0) is 14.7. The number of anilines is 1. The topological polar surface area (TPSA) is 73.7 Å². The predicted molar refractivity (Wildman–Crippen MR) is 74.9 cm³/mol. The highest BCUT2D eigenvalue weighted by Gasteiger charge is 2.34. The Hall–Kier alpha value is -1.82. The summed E-state index contributed by atoms with van der Waals surface area (Å²) in [7, 11) is 1.74. The number of halogens is 1. The summed E-state index contributed by atoms with van der Waals surface area (Å²) in [6.07, 6.45) is 2.75. The molecule has 2 heterocycles. The van der Waals surface area contributed by atoms with Gasteiger partial charge in [0.25, 0.3) is 0 Å². The van der Waals surface area contributed by atoms with Gasteiger partial charge in [-0.15, -0.1) is 0 Å². The van der Waals surface area contributed by atoms with E-state index < -0.39 is 12.0 Å². The number of amides is 1. The van der Waals surface area contributed by atoms with Gasteiger partial charge in [0.15, 0.2) is 0 Å². The smallest absolute Gasteiger partial charge is 0.326 e. The summed E-state index contributed by atoms with van der Waals surface area (Å²) in [5.74, 6) is -0.522. The molecule has 1 fully saturated rings. The average molecular weight is 298 g/mol. The highest BCUT2D eigenvalue weighted by atomic mass is 35.5. The number of nitrogens with zero attached hydrogens (tertiary/aromatic N) is 3. The molecule has 0 radical (unpaired) electrons. The van der Waals surface area contributed by atoms with Crippen molar-refractivity contribution in [2.24, 2.45) is 0 Å². The fourth-order valence-electron chi connectivity index (χ4n) is 2.29. The van der Waals surface area contributed by atoms with Gasteiger partial charge in [0.1, 0.15) is 11.9 Å². The third-order valence-corrected chi connectivity index (χ3v) is 3.56. The van der Waals surface area contributed by atoms with E-state index in [2.05, 4.69) is 4.98 Å². The van der Waals surface area contributed by atoms with Crippen molar-refractivity contribution in [2.75, 3.05) is 25.0 Å². The Morgan fingerprint density at radius 2 is 2.30 bits per heavy atom. The van der Waals surface area contributed by atoms with Crippen LogP contribution in [0.25, 0.3) is 0 Å². The van der Waals surface area contributed by atoms with Gasteiger partial charge < -0.3 is 14.9 Å². The number of pyridine rings is 1. The third-order valence-electron chi connectivity index (χ3n) is 3.33. The van der Waals surface area contributed by atoms with Gasteiger partial charge in [-0.2, -0.15) is 0 Å². The zero-order valence-corrected chi connectivity index (χ0v) is 11.9. The van der Waals surface area contributed by atoms with Crippen LogP contribution in [0.3, 0.4) is 0 Å². The van der Waals surface area contributed by atoms with Crippen molar-refractivity contribution in [1.82, 2.24) is 9.88 Å². The van der Waals surface area contributed by atoms with Gasteiger partial charge in [0.05, 0.1) is 11.6 Å². The number of aromatic nitrogens is 1. The van der Waals surface area contributed by atoms with E-state index >= 15 is 0 Å². The maximum Gasteiger partial charge on any atom is 0.326 e. The summed E-state index contributed by atoms with van der Waals surface area (Å²) < 4.78 is 0. The summed E-state index contributed by atoms with van der Waals surface area (Å²) in [6.45, 7) is 0.593. The second kappa shape index (κ2) is 6.09. The van der Waals surface area contributed by atoms with Crippen LogP contribution in [0, 0.1) is 0 Å². The van der Waals surface area contributed by atoms with E-state index in [0.29, 0.717) is 23.8 Å². The van der Waals surface area contributed by atoms with Crippen molar-refractivity contribution in [1.29, 1.82) is 0 Å². The molecule has 0 spiro atoms. The van der Waals surface area contributed by atoms with Crippen LogP contribution < -0.4 is 4.90 Å². The molecule has 1 aromatic rings. The maximum atomic E-state index is 12.2. The first kappa shape index (κ1) is 14.6. The molecule has 20 heavy (non-hydrogen) atoms. The fraction of sp³-hybridized carbons (Fsp3) is 0.462. The highest BCUT2D eigenvalue weighted by molar-refractivity contribution is 6.30. The van der Waals surface area contributed by atoms with Crippen molar-refractivity contribution in [3.05, 3.63) is 23.4 Å². The van der Waals surface area contributed by atoms with Crippen molar-refractivity contribution >= 4 is 29.3 Å². The van der Waals surface area contributed by atoms with Crippen LogP contribution in [-0.2, 0) is 9.59 Å². The molecule has 1 saturated heterocycles. The first-order valence-electron chi connectivity index (χ1n) is 6.34. The number of likely N-dealkylation sites (N-methyl/N-ethyl adjacent to an activating group) is 1. The van der Waals surface area contributed by atoms with Gasteiger partial charge in [0, 0.05) is 19.8 Å². The van der Waals surface area contributed by atoms with E-state index in [1.807, 2.05) is 0 Å². The first-order valence-corrected chi connectivity index (χ1v) is 6.72. The lowest BCUT2D eigenvalue weighted by atomic mass is 10.2. The van der Waals surface area contributed by atoms with Crippen LogP contribution in [0.5, 0.6) is 0 Å². The van der Waals surface area contributed by atoms with Crippen molar-refractivity contribution < 1.29 is 14.7 Å². The van der Waals surface area contributed by atoms with Gasteiger partial charge in [-0.25, -0.2) is 9.78 Å². The van der Waals surface area contributed by atoms with E-state index in [4.69, 9.17) is 16.7 Å². The van der Waals surface area contributed by atoms with E-state index in [1.54, 1.807) is 24.1 Å². The SMILES string of the molecule is CN(CC(=O)N1CCC[C@H]1C(=O)O)c1ccc(Cl)cn1. The Balaban J connectivity index is 2.00. The number of aliphatic carboxylic acids is 1. The number of rotatable bonds is 4. The zero-order valence-electron chi connectivity index (χ0n) is 11.1. The Bertz CT molecular complexity index is 506. The average Bonchev–Trinajstić information content (AvgIpc) is 2.88. The number of carbonyl (C=O) groups is 2. The predicted octanol–water partition coefficient (Wildman–Crippen LogP) is 1.25. The molecule has 0 aliphatic carbocycles. The quantitative estimate of drug-likeness (QED) is 0.905. The molecule has 1 aromatic heterocycles. The standard InChI is InChI=1S/C13H16ClN3O3/c1-16(11-5-4-9(14)7-15-11)8-12(18)17-6-2-3-10(17)13(19)20/h4-5,7,10H,2-3,6,8H2,1H3,(H,19,20)/t10-/m0/s1. The number of hydrogen-bond donors (Lipinski definition) is 1. The van der Waals surface area contributed by atoms with Gasteiger partial charge in [-0.1, -0.05) is 11.6 Å². The number of carboxylic acid groups (broad SMARTS) is 1. The summed E-state index contributed by atoms with van der Waals surface area (Å²) in [4.78, 5) is 30.5. The molecule has 1 N–H and O–H groups in total. The van der Waals surface area contributed by atoms with Crippen LogP contribution in [0.1, 0.15) is 12.8 Å². The minimum Gasteiger partial charge on any atom is -0.480 e. The minimum atomic E-state index is -0.942. The lowest BCUT2D eigenvalue weighted by Crippen LogP contribution is -2.45. The lowest BCUT2D eigenvalue weighted by Gasteiger charge is -2.25. The van der Waals surface area contributed by atoms with E-state index in [1.165, 1.54) is 11.1 Å². The molecule has 1 atom stereocenters. The van der Waals surface area contributed by atoms with Gasteiger partial charge in [-0.3, -0.25) is 4.79 Å². The second-order valence-corrected chi connectivity index (χ2v) is 5.21. The molecule has 1 aliphatic heterocycles. The Morgan fingerprint density at radius 1 is 1.55 bits per heavy atom. The first-order chi connectivity index (χ1) is 9.49. The molecule has 108 valence electrons. The molecule has 0 saturated carbocycles. The molecule has 1 amide bonds. The van der Waals surface area contributed by atoms with Crippen LogP contribution in [0.15, 0.2) is 18.3 Å². The number of likely N-dealkylation sites (tertiary alicyclic amines) is 1. The lowest BCUT2D eigenvalue weighted by molar-refractivity contribution is -0.147. The van der Waals surface area contributed by atoms with Crippen LogP contribution >= 0.6 is 11.6 Å². The molecular weight excluding hydrogens is 282 g/mol. The fourth-order valence-corrected chi connectivity index (χ4v) is 2.40. The monoisotopic (exact) mass is 297 g/mol. The Morgan fingerprint density at radius 3 is 2.90 bits per heavy atom. The second-order valence-electron chi connectivity index (χ2n) is 4.77. The summed E-state index contributed by atoms with van der Waals surface area (Å²) in [6, 6.07) is 2.71. The molecule has 2 rings (SSSR count). The van der Waals surface area contributed by atoms with Gasteiger partial charge in [0.2, 0.25) is 5.91 Å². The van der Waals surface area contributed by atoms with E-state index in [-0.39, 0.29) is 12.5 Å². The Labute approximate surface area is 122 Å². The minimum absolute atomic E-state index is 0.0956. The van der Waals surface area contributed by atoms with Crippen LogP contribution in [0.4, 0.5) is 5.82 Å². The highest BCUT2D eigenvalue weighted by Crippen LogP contribution is 2.19. The van der Waals surface area contributed by atoms with E-state index in [0.717, 1.165) is 6.42 Å². The van der Waals surface area contributed by atoms with Gasteiger partial charge >= 0.3 is 5.97 Å². The molecule has 0 bridgehead atoms. The maximum absolute atomic E-state index is 12.2. The Kier molecular flexibility index (Phi) is 4.44. The largest absolute Gasteiger partial charge is 0.480 e. The normalized spacial score (nSPS) is 18.1. The number of hydrogen-bond acceptors (Lipinski definition) is 4. The van der Waals surface area contributed by atoms with Crippen LogP contribution in [0.2, 0.25) is 5.02 Å². The molecule has 7 heteroatoms. The number of carbonyl (C=O) groups excluding carboxylic acids is 1. The molecule has 1 aliphatic rings. The van der Waals surface area contributed by atoms with Crippen LogP contribution in [-0.4, -0.2) is 53.0 Å². The van der Waals surface area contributed by atoms with Crippen molar-refractivity contribution in [3.8, 4) is 0 Å².